The molecule has 0 unspecified atom stereocenters. The van der Waals surface area contributed by atoms with E-state index in [1.807, 2.05) is 31.2 Å². The van der Waals surface area contributed by atoms with Gasteiger partial charge in [-0.25, -0.2) is 18.1 Å². The molecule has 0 aliphatic rings. The Morgan fingerprint density at radius 2 is 1.90 bits per heavy atom. The first-order valence-electron chi connectivity index (χ1n) is 6.30. The van der Waals surface area contributed by atoms with Crippen molar-refractivity contribution in [2.75, 3.05) is 0 Å². The molecule has 0 radical (unpaired) electrons. The van der Waals surface area contributed by atoms with Gasteiger partial charge < -0.3 is 0 Å². The van der Waals surface area contributed by atoms with E-state index in [2.05, 4.69) is 19.9 Å². The van der Waals surface area contributed by atoms with E-state index in [1.165, 1.54) is 0 Å². The molecule has 0 aliphatic heterocycles. The second-order valence-electron chi connectivity index (χ2n) is 4.86. The maximum atomic E-state index is 12.1. The number of aromatic nitrogens is 3. The first-order chi connectivity index (χ1) is 9.35. The Morgan fingerprint density at radius 3 is 2.45 bits per heavy atom. The molecule has 0 saturated heterocycles. The third kappa shape index (κ3) is 3.88. The number of sulfonamides is 1. The van der Waals surface area contributed by atoms with Gasteiger partial charge in [-0.05, 0) is 26.3 Å². The van der Waals surface area contributed by atoms with Crippen molar-refractivity contribution in [2.24, 2.45) is 0 Å². The van der Waals surface area contributed by atoms with Crippen LogP contribution >= 0.6 is 0 Å². The summed E-state index contributed by atoms with van der Waals surface area (Å²) in [5, 5.41) is 6.65. The highest BCUT2D eigenvalue weighted by atomic mass is 32.2. The fourth-order valence-corrected chi connectivity index (χ4v) is 3.18. The van der Waals surface area contributed by atoms with E-state index in [0.29, 0.717) is 11.6 Å². The van der Waals surface area contributed by atoms with Gasteiger partial charge in [-0.15, -0.1) is 0 Å². The van der Waals surface area contributed by atoms with Gasteiger partial charge >= 0.3 is 0 Å². The lowest BCUT2D eigenvalue weighted by Crippen LogP contribution is -2.28. The number of nitrogens with one attached hydrogen (secondary N) is 2. The standard InChI is InChI=1S/C13H18N4O2S/c1-9-4-6-12(7-5-9)8-20(18,19)17-10(2)13-14-11(3)15-16-13/h4-7,10,17H,8H2,1-3H3,(H,14,15,16)/t10-/m0/s1. The zero-order chi connectivity index (χ0) is 14.8. The summed E-state index contributed by atoms with van der Waals surface area (Å²) < 4.78 is 26.8. The summed E-state index contributed by atoms with van der Waals surface area (Å²) in [5.74, 6) is 1.04. The summed E-state index contributed by atoms with van der Waals surface area (Å²) in [7, 11) is -3.43. The highest BCUT2D eigenvalue weighted by Crippen LogP contribution is 2.12. The van der Waals surface area contributed by atoms with Crippen LogP contribution in [0.15, 0.2) is 24.3 Å². The van der Waals surface area contributed by atoms with Gasteiger partial charge in [-0.3, -0.25) is 5.10 Å². The lowest BCUT2D eigenvalue weighted by atomic mass is 10.2. The first kappa shape index (κ1) is 14.7. The fraction of sp³-hybridized carbons (Fsp3) is 0.385. The molecule has 6 nitrogen and oxygen atoms in total. The molecular formula is C13H18N4O2S. The SMILES string of the molecule is Cc1ccc(CS(=O)(=O)N[C@@H](C)c2n[nH]c(C)n2)cc1. The summed E-state index contributed by atoms with van der Waals surface area (Å²) >= 11 is 0. The van der Waals surface area contributed by atoms with Crippen molar-refractivity contribution in [1.29, 1.82) is 0 Å². The van der Waals surface area contributed by atoms with Gasteiger partial charge in [-0.2, -0.15) is 5.10 Å². The molecule has 0 amide bonds. The Bertz CT molecular complexity index is 677. The van der Waals surface area contributed by atoms with Crippen LogP contribution in [0.5, 0.6) is 0 Å². The van der Waals surface area contributed by atoms with E-state index in [-0.39, 0.29) is 5.75 Å². The van der Waals surface area contributed by atoms with Gasteiger partial charge in [0, 0.05) is 0 Å². The van der Waals surface area contributed by atoms with Crippen LogP contribution in [-0.4, -0.2) is 23.6 Å². The molecule has 0 spiro atoms. The third-order valence-corrected chi connectivity index (χ3v) is 4.26. The Morgan fingerprint density at radius 1 is 1.25 bits per heavy atom. The largest absolute Gasteiger partial charge is 0.263 e. The predicted molar refractivity (Wildman–Crippen MR) is 76.5 cm³/mol. The summed E-state index contributed by atoms with van der Waals surface area (Å²) in [6.07, 6.45) is 0. The van der Waals surface area contributed by atoms with Crippen molar-refractivity contribution in [2.45, 2.75) is 32.6 Å². The van der Waals surface area contributed by atoms with Crippen LogP contribution in [0.2, 0.25) is 0 Å². The monoisotopic (exact) mass is 294 g/mol. The van der Waals surface area contributed by atoms with Crippen molar-refractivity contribution in [3.05, 3.63) is 47.0 Å². The third-order valence-electron chi connectivity index (χ3n) is 2.84. The van der Waals surface area contributed by atoms with Gasteiger partial charge in [0.15, 0.2) is 5.82 Å². The molecule has 0 saturated carbocycles. The molecule has 7 heteroatoms. The molecular weight excluding hydrogens is 276 g/mol. The summed E-state index contributed by atoms with van der Waals surface area (Å²) in [5.41, 5.74) is 1.85. The van der Waals surface area contributed by atoms with Crippen molar-refractivity contribution >= 4 is 10.0 Å². The average Bonchev–Trinajstić information content (AvgIpc) is 2.78. The normalized spacial score (nSPS) is 13.3. The van der Waals surface area contributed by atoms with E-state index in [0.717, 1.165) is 11.1 Å². The van der Waals surface area contributed by atoms with E-state index in [1.54, 1.807) is 13.8 Å². The topological polar surface area (TPSA) is 87.7 Å². The van der Waals surface area contributed by atoms with Gasteiger partial charge in [0.1, 0.15) is 5.82 Å². The Labute approximate surface area is 118 Å². The van der Waals surface area contributed by atoms with Crippen LogP contribution in [0.3, 0.4) is 0 Å². The number of benzene rings is 1. The molecule has 1 atom stereocenters. The summed E-state index contributed by atoms with van der Waals surface area (Å²) in [6, 6.07) is 6.96. The van der Waals surface area contributed by atoms with E-state index in [4.69, 9.17) is 0 Å². The van der Waals surface area contributed by atoms with Crippen LogP contribution in [0, 0.1) is 13.8 Å². The zero-order valence-corrected chi connectivity index (χ0v) is 12.5. The van der Waals surface area contributed by atoms with Crippen molar-refractivity contribution in [3.63, 3.8) is 0 Å². The van der Waals surface area contributed by atoms with Crippen LogP contribution in [-0.2, 0) is 15.8 Å². The van der Waals surface area contributed by atoms with Crippen LogP contribution in [0.25, 0.3) is 0 Å². The zero-order valence-electron chi connectivity index (χ0n) is 11.7. The van der Waals surface area contributed by atoms with Crippen molar-refractivity contribution in [3.8, 4) is 0 Å². The molecule has 108 valence electrons. The number of aryl methyl sites for hydroxylation is 2. The van der Waals surface area contributed by atoms with Crippen LogP contribution < -0.4 is 4.72 Å². The predicted octanol–water partition coefficient (Wildman–Crippen LogP) is 1.60. The quantitative estimate of drug-likeness (QED) is 0.876. The van der Waals surface area contributed by atoms with Gasteiger partial charge in [-0.1, -0.05) is 29.8 Å². The molecule has 2 N–H and O–H groups in total. The molecule has 0 bridgehead atoms. The number of hydrogen-bond donors (Lipinski definition) is 2. The molecule has 0 aliphatic carbocycles. The number of nitrogens with zero attached hydrogens (tertiary/aromatic N) is 2. The molecule has 1 aromatic heterocycles. The van der Waals surface area contributed by atoms with E-state index >= 15 is 0 Å². The maximum Gasteiger partial charge on any atom is 0.216 e. The first-order valence-corrected chi connectivity index (χ1v) is 7.95. The highest BCUT2D eigenvalue weighted by Gasteiger charge is 2.19. The number of hydrogen-bond acceptors (Lipinski definition) is 4. The van der Waals surface area contributed by atoms with Crippen molar-refractivity contribution < 1.29 is 8.42 Å². The Kier molecular flexibility index (Phi) is 4.20. The Balaban J connectivity index is 2.05. The average molecular weight is 294 g/mol. The smallest absolute Gasteiger partial charge is 0.216 e. The lowest BCUT2D eigenvalue weighted by molar-refractivity contribution is 0.559. The molecule has 20 heavy (non-hydrogen) atoms. The molecule has 2 rings (SSSR count). The number of aromatic amines is 1. The summed E-state index contributed by atoms with van der Waals surface area (Å²) in [6.45, 7) is 5.45. The fourth-order valence-electron chi connectivity index (χ4n) is 1.82. The molecule has 0 fully saturated rings. The van der Waals surface area contributed by atoms with Gasteiger partial charge in [0.25, 0.3) is 0 Å². The van der Waals surface area contributed by atoms with Gasteiger partial charge in [0.2, 0.25) is 10.0 Å². The summed E-state index contributed by atoms with van der Waals surface area (Å²) in [4.78, 5) is 4.12. The van der Waals surface area contributed by atoms with Crippen molar-refractivity contribution in [1.82, 2.24) is 19.9 Å². The number of rotatable bonds is 5. The maximum absolute atomic E-state index is 12.1. The number of H-pyrrole nitrogens is 1. The molecule has 1 heterocycles. The van der Waals surface area contributed by atoms with Crippen LogP contribution in [0.1, 0.15) is 35.7 Å². The van der Waals surface area contributed by atoms with Crippen LogP contribution in [0.4, 0.5) is 0 Å². The highest BCUT2D eigenvalue weighted by molar-refractivity contribution is 7.88. The molecule has 1 aromatic carbocycles. The van der Waals surface area contributed by atoms with E-state index in [9.17, 15) is 8.42 Å². The second-order valence-corrected chi connectivity index (χ2v) is 6.62. The minimum atomic E-state index is -3.43. The van der Waals surface area contributed by atoms with E-state index < -0.39 is 16.1 Å². The second kappa shape index (κ2) is 5.72. The lowest BCUT2D eigenvalue weighted by Gasteiger charge is -2.11. The minimum Gasteiger partial charge on any atom is -0.263 e. The minimum absolute atomic E-state index is 0.0545. The Hall–Kier alpha value is -1.73. The van der Waals surface area contributed by atoms with Gasteiger partial charge in [0.05, 0.1) is 11.8 Å². The molecule has 2 aromatic rings.